The van der Waals surface area contributed by atoms with Crippen molar-refractivity contribution in [3.05, 3.63) is 41.1 Å². The average molecular weight is 285 g/mol. The third-order valence-corrected chi connectivity index (χ3v) is 3.34. The number of anilines is 1. The molecular weight excluding hydrogens is 266 g/mol. The number of ether oxygens (including phenoxy) is 1. The topological polar surface area (TPSA) is 78.1 Å². The van der Waals surface area contributed by atoms with Crippen LogP contribution in [0.4, 0.5) is 5.82 Å². The van der Waals surface area contributed by atoms with E-state index in [0.29, 0.717) is 17.4 Å². The van der Waals surface area contributed by atoms with Crippen molar-refractivity contribution in [3.8, 4) is 11.4 Å². The van der Waals surface area contributed by atoms with Crippen molar-refractivity contribution in [2.75, 3.05) is 12.8 Å². The summed E-state index contributed by atoms with van der Waals surface area (Å²) in [6.45, 7) is 5.99. The molecule has 0 unspecified atom stereocenters. The fraction of sp³-hybridized carbons (Fsp3) is 0.312. The minimum Gasteiger partial charge on any atom is -0.465 e. The predicted molar refractivity (Wildman–Crippen MR) is 82.0 cm³/mol. The smallest absolute Gasteiger partial charge is 0.343 e. The largest absolute Gasteiger partial charge is 0.465 e. The number of nitrogens with zero attached hydrogens (tertiary/aromatic N) is 2. The van der Waals surface area contributed by atoms with Gasteiger partial charge in [-0.15, -0.1) is 0 Å². The second-order valence-corrected chi connectivity index (χ2v) is 5.16. The third-order valence-electron chi connectivity index (χ3n) is 3.34. The van der Waals surface area contributed by atoms with Crippen molar-refractivity contribution in [1.82, 2.24) is 9.97 Å². The fourth-order valence-electron chi connectivity index (χ4n) is 2.10. The molecule has 5 nitrogen and oxygen atoms in total. The number of hydrogen-bond donors (Lipinski definition) is 1. The lowest BCUT2D eigenvalue weighted by Crippen LogP contribution is -2.12. The Morgan fingerprint density at radius 2 is 1.81 bits per heavy atom. The molecule has 0 aliphatic rings. The summed E-state index contributed by atoms with van der Waals surface area (Å²) in [7, 11) is 1.31. The number of esters is 1. The Kier molecular flexibility index (Phi) is 4.21. The van der Waals surface area contributed by atoms with Gasteiger partial charge >= 0.3 is 5.97 Å². The van der Waals surface area contributed by atoms with Crippen LogP contribution in [0.2, 0.25) is 0 Å². The summed E-state index contributed by atoms with van der Waals surface area (Å²) >= 11 is 0. The number of nitrogens with two attached hydrogens (primary N) is 1. The molecule has 0 atom stereocenters. The summed E-state index contributed by atoms with van der Waals surface area (Å²) in [6.07, 6.45) is 0. The Balaban J connectivity index is 2.44. The normalized spacial score (nSPS) is 10.7. The van der Waals surface area contributed by atoms with E-state index in [2.05, 4.69) is 28.6 Å². The van der Waals surface area contributed by atoms with Crippen molar-refractivity contribution in [3.63, 3.8) is 0 Å². The molecule has 5 heteroatoms. The van der Waals surface area contributed by atoms with Crippen molar-refractivity contribution >= 4 is 11.8 Å². The maximum absolute atomic E-state index is 11.6. The van der Waals surface area contributed by atoms with Crippen molar-refractivity contribution < 1.29 is 9.53 Å². The first-order chi connectivity index (χ1) is 9.93. The molecule has 0 bridgehead atoms. The standard InChI is InChI=1S/C16H19N3O2/c1-9(2)11-5-7-12(8-6-11)15-18-10(3)13(14(17)19-15)16(20)21-4/h5-9H,1-4H3,(H2,17,18,19). The molecule has 0 saturated heterocycles. The van der Waals surface area contributed by atoms with Crippen LogP contribution < -0.4 is 5.73 Å². The second-order valence-electron chi connectivity index (χ2n) is 5.16. The molecule has 0 saturated carbocycles. The average Bonchev–Trinajstić information content (AvgIpc) is 2.46. The van der Waals surface area contributed by atoms with E-state index in [0.717, 1.165) is 5.56 Å². The van der Waals surface area contributed by atoms with Gasteiger partial charge in [-0.25, -0.2) is 14.8 Å². The number of rotatable bonds is 3. The summed E-state index contributed by atoms with van der Waals surface area (Å²) in [5, 5.41) is 0. The van der Waals surface area contributed by atoms with Gasteiger partial charge in [-0.2, -0.15) is 0 Å². The zero-order valence-corrected chi connectivity index (χ0v) is 12.7. The highest BCUT2D eigenvalue weighted by Crippen LogP contribution is 2.23. The zero-order valence-electron chi connectivity index (χ0n) is 12.7. The Morgan fingerprint density at radius 3 is 2.29 bits per heavy atom. The second kappa shape index (κ2) is 5.91. The quantitative estimate of drug-likeness (QED) is 0.877. The molecule has 0 spiro atoms. The summed E-state index contributed by atoms with van der Waals surface area (Å²) in [5.74, 6) is 0.588. The van der Waals surface area contributed by atoms with Gasteiger partial charge in [0.25, 0.3) is 0 Å². The summed E-state index contributed by atoms with van der Waals surface area (Å²) in [5.41, 5.74) is 8.71. The van der Waals surface area contributed by atoms with Crippen LogP contribution in [0.5, 0.6) is 0 Å². The minimum atomic E-state index is -0.522. The minimum absolute atomic E-state index is 0.136. The Hall–Kier alpha value is -2.43. The van der Waals surface area contributed by atoms with Crippen LogP contribution in [0, 0.1) is 6.92 Å². The van der Waals surface area contributed by atoms with Gasteiger partial charge in [0.2, 0.25) is 0 Å². The van der Waals surface area contributed by atoms with E-state index in [-0.39, 0.29) is 11.4 Å². The summed E-state index contributed by atoms with van der Waals surface area (Å²) in [4.78, 5) is 20.2. The molecule has 2 N–H and O–H groups in total. The summed E-state index contributed by atoms with van der Waals surface area (Å²) in [6, 6.07) is 8.01. The number of nitrogen functional groups attached to an aromatic ring is 1. The highest BCUT2D eigenvalue weighted by molar-refractivity contribution is 5.95. The molecule has 0 aliphatic heterocycles. The maximum Gasteiger partial charge on any atom is 0.343 e. The molecule has 0 amide bonds. The molecule has 1 heterocycles. The summed E-state index contributed by atoms with van der Waals surface area (Å²) < 4.78 is 4.69. The van der Waals surface area contributed by atoms with E-state index >= 15 is 0 Å². The molecule has 21 heavy (non-hydrogen) atoms. The molecule has 2 rings (SSSR count). The van der Waals surface area contributed by atoms with E-state index in [1.807, 2.05) is 24.3 Å². The number of methoxy groups -OCH3 is 1. The van der Waals surface area contributed by atoms with Crippen LogP contribution in [0.25, 0.3) is 11.4 Å². The van der Waals surface area contributed by atoms with E-state index in [1.54, 1.807) is 6.92 Å². The third kappa shape index (κ3) is 3.02. The zero-order chi connectivity index (χ0) is 15.6. The fourth-order valence-corrected chi connectivity index (χ4v) is 2.10. The van der Waals surface area contributed by atoms with E-state index < -0.39 is 5.97 Å². The van der Waals surface area contributed by atoms with Gasteiger partial charge in [0.15, 0.2) is 5.82 Å². The number of aromatic nitrogens is 2. The van der Waals surface area contributed by atoms with Gasteiger partial charge < -0.3 is 10.5 Å². The lowest BCUT2D eigenvalue weighted by molar-refractivity contribution is 0.0600. The van der Waals surface area contributed by atoms with Crippen LogP contribution >= 0.6 is 0 Å². The van der Waals surface area contributed by atoms with Crippen LogP contribution in [0.15, 0.2) is 24.3 Å². The van der Waals surface area contributed by atoms with Crippen LogP contribution in [0.3, 0.4) is 0 Å². The molecular formula is C16H19N3O2. The molecule has 1 aromatic carbocycles. The van der Waals surface area contributed by atoms with Gasteiger partial charge in [-0.05, 0) is 18.4 Å². The Morgan fingerprint density at radius 1 is 1.19 bits per heavy atom. The predicted octanol–water partition coefficient (Wildman–Crippen LogP) is 2.94. The molecule has 0 fully saturated rings. The Labute approximate surface area is 124 Å². The lowest BCUT2D eigenvalue weighted by Gasteiger charge is -2.10. The monoisotopic (exact) mass is 285 g/mol. The maximum atomic E-state index is 11.6. The van der Waals surface area contributed by atoms with Gasteiger partial charge in [-0.3, -0.25) is 0 Å². The molecule has 0 radical (unpaired) electrons. The SMILES string of the molecule is COC(=O)c1c(C)nc(-c2ccc(C(C)C)cc2)nc1N. The van der Waals surface area contributed by atoms with Gasteiger partial charge in [0, 0.05) is 5.56 Å². The van der Waals surface area contributed by atoms with Crippen LogP contribution in [-0.2, 0) is 4.74 Å². The van der Waals surface area contributed by atoms with E-state index in [9.17, 15) is 4.79 Å². The molecule has 0 aliphatic carbocycles. The van der Waals surface area contributed by atoms with E-state index in [4.69, 9.17) is 5.73 Å². The van der Waals surface area contributed by atoms with Gasteiger partial charge in [0.1, 0.15) is 11.4 Å². The van der Waals surface area contributed by atoms with Gasteiger partial charge in [-0.1, -0.05) is 38.1 Å². The number of benzene rings is 1. The molecule has 1 aromatic heterocycles. The highest BCUT2D eigenvalue weighted by atomic mass is 16.5. The van der Waals surface area contributed by atoms with E-state index in [1.165, 1.54) is 12.7 Å². The lowest BCUT2D eigenvalue weighted by atomic mass is 10.0. The first kappa shape index (κ1) is 15.0. The number of aryl methyl sites for hydroxylation is 1. The number of carbonyl (C=O) groups is 1. The van der Waals surface area contributed by atoms with Crippen LogP contribution in [-0.4, -0.2) is 23.0 Å². The number of carbonyl (C=O) groups excluding carboxylic acids is 1. The van der Waals surface area contributed by atoms with Gasteiger partial charge in [0.05, 0.1) is 12.8 Å². The number of hydrogen-bond acceptors (Lipinski definition) is 5. The van der Waals surface area contributed by atoms with Crippen LogP contribution in [0.1, 0.15) is 41.4 Å². The first-order valence-electron chi connectivity index (χ1n) is 6.76. The first-order valence-corrected chi connectivity index (χ1v) is 6.76. The highest BCUT2D eigenvalue weighted by Gasteiger charge is 2.17. The van der Waals surface area contributed by atoms with Crippen molar-refractivity contribution in [2.24, 2.45) is 0 Å². The molecule has 2 aromatic rings. The van der Waals surface area contributed by atoms with Crippen molar-refractivity contribution in [2.45, 2.75) is 26.7 Å². The van der Waals surface area contributed by atoms with Crippen molar-refractivity contribution in [1.29, 1.82) is 0 Å². The Bertz CT molecular complexity index is 641. The molecule has 110 valence electrons.